The number of carbonyl (C=O) groups is 1. The van der Waals surface area contributed by atoms with Crippen molar-refractivity contribution in [2.45, 2.75) is 13.8 Å². The molecule has 0 saturated heterocycles. The third-order valence-electron chi connectivity index (χ3n) is 2.84. The number of carbonyl (C=O) groups excluding carboxylic acids is 1. The van der Waals surface area contributed by atoms with Crippen molar-refractivity contribution in [3.8, 4) is 11.5 Å². The van der Waals surface area contributed by atoms with Crippen molar-refractivity contribution < 1.29 is 14.3 Å². The van der Waals surface area contributed by atoms with E-state index in [9.17, 15) is 4.79 Å². The van der Waals surface area contributed by atoms with Crippen molar-refractivity contribution in [1.29, 1.82) is 0 Å². The molecule has 102 valence electrons. The van der Waals surface area contributed by atoms with Gasteiger partial charge in [0, 0.05) is 17.0 Å². The minimum atomic E-state index is -0.284. The van der Waals surface area contributed by atoms with Crippen molar-refractivity contribution in [2.24, 2.45) is 0 Å². The van der Waals surface area contributed by atoms with Gasteiger partial charge >= 0.3 is 0 Å². The van der Waals surface area contributed by atoms with Crippen LogP contribution in [0.5, 0.6) is 11.5 Å². The van der Waals surface area contributed by atoms with E-state index in [1.54, 1.807) is 18.2 Å². The number of aromatic nitrogens is 2. The van der Waals surface area contributed by atoms with Gasteiger partial charge in [-0.3, -0.25) is 10.1 Å². The van der Waals surface area contributed by atoms with Crippen LogP contribution in [0.25, 0.3) is 0 Å². The standard InChI is InChI=1S/C14H13N3O3/c1-8-5-9(2)16-14(15-8)17-13(18)10-3-4-11-12(6-10)20-7-19-11/h3-6H,7H2,1-2H3,(H,15,16,17,18). The van der Waals surface area contributed by atoms with E-state index < -0.39 is 0 Å². The molecular weight excluding hydrogens is 258 g/mol. The molecule has 1 N–H and O–H groups in total. The van der Waals surface area contributed by atoms with E-state index in [0.717, 1.165) is 11.4 Å². The summed E-state index contributed by atoms with van der Waals surface area (Å²) in [7, 11) is 0. The molecule has 6 nitrogen and oxygen atoms in total. The van der Waals surface area contributed by atoms with Gasteiger partial charge in [-0.05, 0) is 38.1 Å². The van der Waals surface area contributed by atoms with Gasteiger partial charge in [0.05, 0.1) is 0 Å². The zero-order valence-electron chi connectivity index (χ0n) is 11.1. The zero-order chi connectivity index (χ0) is 14.1. The van der Waals surface area contributed by atoms with E-state index in [-0.39, 0.29) is 12.7 Å². The fourth-order valence-electron chi connectivity index (χ4n) is 1.99. The fraction of sp³-hybridized carbons (Fsp3) is 0.214. The van der Waals surface area contributed by atoms with Crippen LogP contribution in [0.3, 0.4) is 0 Å². The van der Waals surface area contributed by atoms with E-state index in [1.807, 2.05) is 19.9 Å². The van der Waals surface area contributed by atoms with Gasteiger partial charge in [0.15, 0.2) is 11.5 Å². The van der Waals surface area contributed by atoms with E-state index >= 15 is 0 Å². The summed E-state index contributed by atoms with van der Waals surface area (Å²) in [4.78, 5) is 20.5. The summed E-state index contributed by atoms with van der Waals surface area (Å²) in [5.74, 6) is 1.22. The van der Waals surface area contributed by atoms with Crippen LogP contribution < -0.4 is 14.8 Å². The molecule has 0 bridgehead atoms. The van der Waals surface area contributed by atoms with Gasteiger partial charge in [-0.15, -0.1) is 0 Å². The fourth-order valence-corrected chi connectivity index (χ4v) is 1.99. The minimum Gasteiger partial charge on any atom is -0.454 e. The molecule has 1 aromatic heterocycles. The van der Waals surface area contributed by atoms with Crippen LogP contribution in [0.4, 0.5) is 5.95 Å². The number of anilines is 1. The molecule has 3 rings (SSSR count). The molecule has 1 aromatic carbocycles. The second-order valence-electron chi connectivity index (χ2n) is 4.50. The van der Waals surface area contributed by atoms with Gasteiger partial charge in [-0.1, -0.05) is 0 Å². The minimum absolute atomic E-state index is 0.181. The molecule has 2 aromatic rings. The molecule has 0 atom stereocenters. The van der Waals surface area contributed by atoms with E-state index in [0.29, 0.717) is 23.0 Å². The summed E-state index contributed by atoms with van der Waals surface area (Å²) in [5, 5.41) is 2.67. The smallest absolute Gasteiger partial charge is 0.258 e. The number of benzene rings is 1. The Morgan fingerprint density at radius 2 is 1.80 bits per heavy atom. The average molecular weight is 271 g/mol. The third-order valence-corrected chi connectivity index (χ3v) is 2.84. The summed E-state index contributed by atoms with van der Waals surface area (Å²) < 4.78 is 10.4. The van der Waals surface area contributed by atoms with Crippen LogP contribution in [0, 0.1) is 13.8 Å². The number of ether oxygens (including phenoxy) is 2. The third kappa shape index (κ3) is 2.40. The topological polar surface area (TPSA) is 73.3 Å². The molecule has 6 heteroatoms. The lowest BCUT2D eigenvalue weighted by Crippen LogP contribution is -2.14. The normalized spacial score (nSPS) is 12.3. The quantitative estimate of drug-likeness (QED) is 0.905. The molecule has 0 fully saturated rings. The maximum Gasteiger partial charge on any atom is 0.258 e. The number of rotatable bonds is 2. The largest absolute Gasteiger partial charge is 0.454 e. The zero-order valence-corrected chi connectivity index (χ0v) is 11.1. The molecule has 20 heavy (non-hydrogen) atoms. The lowest BCUT2D eigenvalue weighted by molar-refractivity contribution is 0.102. The van der Waals surface area contributed by atoms with Crippen LogP contribution >= 0.6 is 0 Å². The molecule has 0 unspecified atom stereocenters. The highest BCUT2D eigenvalue weighted by Crippen LogP contribution is 2.32. The predicted octanol–water partition coefficient (Wildman–Crippen LogP) is 2.07. The first-order chi connectivity index (χ1) is 9.61. The van der Waals surface area contributed by atoms with Crippen LogP contribution in [0.1, 0.15) is 21.7 Å². The average Bonchev–Trinajstić information content (AvgIpc) is 2.84. The first kappa shape index (κ1) is 12.4. The Morgan fingerprint density at radius 1 is 1.10 bits per heavy atom. The molecule has 0 saturated carbocycles. The van der Waals surface area contributed by atoms with Gasteiger partial charge in [-0.25, -0.2) is 9.97 Å². The van der Waals surface area contributed by atoms with Crippen LogP contribution in [-0.4, -0.2) is 22.7 Å². The van der Waals surface area contributed by atoms with E-state index in [2.05, 4.69) is 15.3 Å². The molecule has 0 aliphatic carbocycles. The van der Waals surface area contributed by atoms with Crippen molar-refractivity contribution in [3.05, 3.63) is 41.2 Å². The number of nitrogens with one attached hydrogen (secondary N) is 1. The Kier molecular flexibility index (Phi) is 2.98. The van der Waals surface area contributed by atoms with Crippen LogP contribution in [-0.2, 0) is 0 Å². The van der Waals surface area contributed by atoms with Gasteiger partial charge in [-0.2, -0.15) is 0 Å². The summed E-state index contributed by atoms with van der Waals surface area (Å²) in [6.45, 7) is 3.89. The van der Waals surface area contributed by atoms with Crippen molar-refractivity contribution in [2.75, 3.05) is 12.1 Å². The summed E-state index contributed by atoms with van der Waals surface area (Å²) in [6, 6.07) is 6.86. The van der Waals surface area contributed by atoms with Crippen molar-refractivity contribution in [1.82, 2.24) is 9.97 Å². The SMILES string of the molecule is Cc1cc(C)nc(NC(=O)c2ccc3c(c2)OCO3)n1. The molecule has 1 aliphatic rings. The Labute approximate surface area is 115 Å². The number of hydrogen-bond donors (Lipinski definition) is 1. The van der Waals surface area contributed by atoms with Crippen LogP contribution in [0.15, 0.2) is 24.3 Å². The number of nitrogens with zero attached hydrogens (tertiary/aromatic N) is 2. The van der Waals surface area contributed by atoms with E-state index in [4.69, 9.17) is 9.47 Å². The highest BCUT2D eigenvalue weighted by Gasteiger charge is 2.16. The first-order valence-electron chi connectivity index (χ1n) is 6.15. The number of aryl methyl sites for hydroxylation is 2. The molecule has 1 amide bonds. The lowest BCUT2D eigenvalue weighted by Gasteiger charge is -2.06. The number of hydrogen-bond acceptors (Lipinski definition) is 5. The molecular formula is C14H13N3O3. The van der Waals surface area contributed by atoms with Gasteiger partial charge in [0.25, 0.3) is 5.91 Å². The molecule has 2 heterocycles. The second-order valence-corrected chi connectivity index (χ2v) is 4.50. The monoisotopic (exact) mass is 271 g/mol. The van der Waals surface area contributed by atoms with Gasteiger partial charge in [0.1, 0.15) is 0 Å². The Balaban J connectivity index is 1.82. The molecule has 1 aliphatic heterocycles. The summed E-state index contributed by atoms with van der Waals surface area (Å²) in [5.41, 5.74) is 2.08. The summed E-state index contributed by atoms with van der Waals surface area (Å²) in [6.07, 6.45) is 0. The van der Waals surface area contributed by atoms with Crippen molar-refractivity contribution in [3.63, 3.8) is 0 Å². The Bertz CT molecular complexity index is 665. The molecule has 0 radical (unpaired) electrons. The van der Waals surface area contributed by atoms with Gasteiger partial charge < -0.3 is 9.47 Å². The second kappa shape index (κ2) is 4.80. The lowest BCUT2D eigenvalue weighted by atomic mass is 10.2. The number of fused-ring (bicyclic) bond motifs is 1. The van der Waals surface area contributed by atoms with Gasteiger partial charge in [0.2, 0.25) is 12.7 Å². The van der Waals surface area contributed by atoms with Crippen LogP contribution in [0.2, 0.25) is 0 Å². The van der Waals surface area contributed by atoms with E-state index in [1.165, 1.54) is 0 Å². The first-order valence-corrected chi connectivity index (χ1v) is 6.15. The highest BCUT2D eigenvalue weighted by atomic mass is 16.7. The number of amides is 1. The Hall–Kier alpha value is -2.63. The van der Waals surface area contributed by atoms with Crippen molar-refractivity contribution >= 4 is 11.9 Å². The summed E-state index contributed by atoms with van der Waals surface area (Å²) >= 11 is 0. The maximum absolute atomic E-state index is 12.1. The Morgan fingerprint density at radius 3 is 2.55 bits per heavy atom. The molecule has 0 spiro atoms. The predicted molar refractivity (Wildman–Crippen MR) is 72.0 cm³/mol. The highest BCUT2D eigenvalue weighted by molar-refractivity contribution is 6.03. The maximum atomic E-state index is 12.1.